The van der Waals surface area contributed by atoms with Gasteiger partial charge in [0.05, 0.1) is 13.1 Å². The molecule has 1 fully saturated rings. The summed E-state index contributed by atoms with van der Waals surface area (Å²) in [5, 5.41) is 6.21. The van der Waals surface area contributed by atoms with E-state index in [-0.39, 0.29) is 42.3 Å². The fourth-order valence-corrected chi connectivity index (χ4v) is 2.85. The Labute approximate surface area is 168 Å². The molecule has 0 saturated carbocycles. The molecule has 1 saturated heterocycles. The average Bonchev–Trinajstić information content (AvgIpc) is 2.97. The van der Waals surface area contributed by atoms with Crippen LogP contribution in [0.15, 0.2) is 29.3 Å². The summed E-state index contributed by atoms with van der Waals surface area (Å²) in [6.07, 6.45) is -3.44. The Morgan fingerprint density at radius 2 is 2.00 bits per heavy atom. The lowest BCUT2D eigenvalue weighted by Gasteiger charge is -2.18. The standard InChI is InChI=1S/C17H24F4N4.HI/c1-2-22-16(24-10-14-5-3-4-6-15(14)18)23-9-13-7-8-25(11-13)12-17(19,20)21;/h3-6,13H,2,7-12H2,1H3,(H2,22,23,24);1H. The molecule has 1 aromatic rings. The van der Waals surface area contributed by atoms with Gasteiger partial charge in [-0.3, -0.25) is 4.90 Å². The van der Waals surface area contributed by atoms with E-state index in [9.17, 15) is 17.6 Å². The van der Waals surface area contributed by atoms with E-state index in [0.29, 0.717) is 37.7 Å². The monoisotopic (exact) mass is 488 g/mol. The van der Waals surface area contributed by atoms with Gasteiger partial charge in [0.15, 0.2) is 5.96 Å². The molecular weight excluding hydrogens is 463 g/mol. The highest BCUT2D eigenvalue weighted by atomic mass is 127. The number of hydrogen-bond donors (Lipinski definition) is 2. The van der Waals surface area contributed by atoms with E-state index in [4.69, 9.17) is 0 Å². The highest BCUT2D eigenvalue weighted by molar-refractivity contribution is 14.0. The lowest BCUT2D eigenvalue weighted by molar-refractivity contribution is -0.143. The molecule has 1 unspecified atom stereocenters. The Bertz CT molecular complexity index is 580. The largest absolute Gasteiger partial charge is 0.401 e. The van der Waals surface area contributed by atoms with Gasteiger partial charge in [0, 0.05) is 25.2 Å². The van der Waals surface area contributed by atoms with Crippen molar-refractivity contribution in [2.45, 2.75) is 26.1 Å². The molecule has 1 heterocycles. The molecule has 4 nitrogen and oxygen atoms in total. The van der Waals surface area contributed by atoms with Crippen molar-refractivity contribution in [3.63, 3.8) is 0 Å². The quantitative estimate of drug-likeness (QED) is 0.279. The molecule has 1 aliphatic heterocycles. The van der Waals surface area contributed by atoms with Crippen molar-refractivity contribution in [3.05, 3.63) is 35.6 Å². The van der Waals surface area contributed by atoms with Crippen LogP contribution in [0.25, 0.3) is 0 Å². The summed E-state index contributed by atoms with van der Waals surface area (Å²) < 4.78 is 50.9. The molecule has 0 aromatic heterocycles. The normalized spacial score (nSPS) is 18.5. The Balaban J connectivity index is 0.00000338. The first-order chi connectivity index (χ1) is 11.9. The van der Waals surface area contributed by atoms with Crippen LogP contribution in [0.5, 0.6) is 0 Å². The zero-order valence-electron chi connectivity index (χ0n) is 14.7. The van der Waals surface area contributed by atoms with Crippen LogP contribution in [0.2, 0.25) is 0 Å². The third-order valence-corrected chi connectivity index (χ3v) is 4.04. The number of rotatable bonds is 6. The molecule has 148 valence electrons. The molecule has 0 radical (unpaired) electrons. The minimum atomic E-state index is -4.15. The Hall–Kier alpha value is -1.10. The van der Waals surface area contributed by atoms with Crippen molar-refractivity contribution >= 4 is 29.9 Å². The van der Waals surface area contributed by atoms with E-state index in [1.54, 1.807) is 18.2 Å². The fraction of sp³-hybridized carbons (Fsp3) is 0.588. The van der Waals surface area contributed by atoms with Gasteiger partial charge in [-0.25, -0.2) is 9.38 Å². The van der Waals surface area contributed by atoms with E-state index in [1.165, 1.54) is 11.0 Å². The highest BCUT2D eigenvalue weighted by Crippen LogP contribution is 2.22. The zero-order valence-corrected chi connectivity index (χ0v) is 17.0. The number of nitrogens with one attached hydrogen (secondary N) is 2. The Morgan fingerprint density at radius 3 is 2.65 bits per heavy atom. The molecule has 0 aliphatic carbocycles. The maximum Gasteiger partial charge on any atom is 0.401 e. The summed E-state index contributed by atoms with van der Waals surface area (Å²) in [6, 6.07) is 6.44. The molecule has 26 heavy (non-hydrogen) atoms. The molecule has 1 atom stereocenters. The van der Waals surface area contributed by atoms with Crippen molar-refractivity contribution in [1.29, 1.82) is 0 Å². The molecule has 1 aromatic carbocycles. The van der Waals surface area contributed by atoms with Gasteiger partial charge in [0.2, 0.25) is 0 Å². The highest BCUT2D eigenvalue weighted by Gasteiger charge is 2.34. The minimum absolute atomic E-state index is 0. The van der Waals surface area contributed by atoms with E-state index >= 15 is 0 Å². The molecular formula is C17H25F4IN4. The van der Waals surface area contributed by atoms with Gasteiger partial charge in [0.25, 0.3) is 0 Å². The number of aliphatic imine (C=N–C) groups is 1. The summed E-state index contributed by atoms with van der Waals surface area (Å²) in [7, 11) is 0. The van der Waals surface area contributed by atoms with Crippen molar-refractivity contribution in [2.75, 3.05) is 32.7 Å². The number of halogens is 5. The van der Waals surface area contributed by atoms with Gasteiger partial charge in [0.1, 0.15) is 5.82 Å². The van der Waals surface area contributed by atoms with E-state index in [2.05, 4.69) is 15.6 Å². The van der Waals surface area contributed by atoms with Gasteiger partial charge in [-0.05, 0) is 31.9 Å². The lowest BCUT2D eigenvalue weighted by Crippen LogP contribution is -2.40. The second-order valence-corrected chi connectivity index (χ2v) is 6.17. The first kappa shape index (κ1) is 22.9. The van der Waals surface area contributed by atoms with Crippen LogP contribution >= 0.6 is 24.0 Å². The Kier molecular flexibility index (Phi) is 9.62. The predicted molar refractivity (Wildman–Crippen MR) is 105 cm³/mol. The van der Waals surface area contributed by atoms with Crippen LogP contribution in [-0.4, -0.2) is 49.8 Å². The van der Waals surface area contributed by atoms with Crippen LogP contribution in [0.1, 0.15) is 18.9 Å². The number of likely N-dealkylation sites (tertiary alicyclic amines) is 1. The smallest absolute Gasteiger partial charge is 0.357 e. The third-order valence-electron chi connectivity index (χ3n) is 4.04. The summed E-state index contributed by atoms with van der Waals surface area (Å²) in [4.78, 5) is 5.77. The molecule has 0 amide bonds. The van der Waals surface area contributed by atoms with Crippen LogP contribution in [0, 0.1) is 11.7 Å². The average molecular weight is 488 g/mol. The van der Waals surface area contributed by atoms with E-state index in [0.717, 1.165) is 6.42 Å². The van der Waals surface area contributed by atoms with E-state index < -0.39 is 12.7 Å². The summed E-state index contributed by atoms with van der Waals surface area (Å²) in [5.74, 6) is 0.375. The lowest BCUT2D eigenvalue weighted by atomic mass is 10.1. The van der Waals surface area contributed by atoms with Crippen LogP contribution in [0.3, 0.4) is 0 Å². The fourth-order valence-electron chi connectivity index (χ4n) is 2.85. The van der Waals surface area contributed by atoms with Crippen molar-refractivity contribution in [3.8, 4) is 0 Å². The van der Waals surface area contributed by atoms with Crippen molar-refractivity contribution in [2.24, 2.45) is 10.9 Å². The summed E-state index contributed by atoms with van der Waals surface area (Å²) in [5.41, 5.74) is 0.497. The molecule has 0 spiro atoms. The van der Waals surface area contributed by atoms with E-state index in [1.807, 2.05) is 6.92 Å². The molecule has 0 bridgehead atoms. The van der Waals surface area contributed by atoms with Gasteiger partial charge in [-0.15, -0.1) is 24.0 Å². The second kappa shape index (κ2) is 10.9. The van der Waals surface area contributed by atoms with Gasteiger partial charge in [-0.1, -0.05) is 18.2 Å². The summed E-state index contributed by atoms with van der Waals surface area (Å²) >= 11 is 0. The molecule has 2 N–H and O–H groups in total. The zero-order chi connectivity index (χ0) is 18.3. The maximum atomic E-state index is 13.6. The van der Waals surface area contributed by atoms with Crippen LogP contribution in [0.4, 0.5) is 17.6 Å². The minimum Gasteiger partial charge on any atom is -0.357 e. The maximum absolute atomic E-state index is 13.6. The topological polar surface area (TPSA) is 39.7 Å². The molecule has 1 aliphatic rings. The summed E-state index contributed by atoms with van der Waals surface area (Å²) in [6.45, 7) is 3.32. The molecule has 2 rings (SSSR count). The van der Waals surface area contributed by atoms with Gasteiger partial charge < -0.3 is 10.6 Å². The second-order valence-electron chi connectivity index (χ2n) is 6.17. The Morgan fingerprint density at radius 1 is 1.27 bits per heavy atom. The number of hydrogen-bond acceptors (Lipinski definition) is 2. The first-order valence-corrected chi connectivity index (χ1v) is 8.42. The SMILES string of the molecule is CCNC(=NCc1ccccc1F)NCC1CCN(CC(F)(F)F)C1.I. The number of benzene rings is 1. The number of guanidine groups is 1. The van der Waals surface area contributed by atoms with Gasteiger partial charge >= 0.3 is 6.18 Å². The van der Waals surface area contributed by atoms with Gasteiger partial charge in [-0.2, -0.15) is 13.2 Å². The van der Waals surface area contributed by atoms with Crippen LogP contribution < -0.4 is 10.6 Å². The van der Waals surface area contributed by atoms with Crippen molar-refractivity contribution < 1.29 is 17.6 Å². The van der Waals surface area contributed by atoms with Crippen molar-refractivity contribution in [1.82, 2.24) is 15.5 Å². The predicted octanol–water partition coefficient (Wildman–Crippen LogP) is 3.38. The van der Waals surface area contributed by atoms with Crippen LogP contribution in [-0.2, 0) is 6.54 Å². The number of nitrogens with zero attached hydrogens (tertiary/aromatic N) is 2. The third kappa shape index (κ3) is 8.07. The number of alkyl halides is 3. The first-order valence-electron chi connectivity index (χ1n) is 8.42. The molecule has 9 heteroatoms.